The Morgan fingerprint density at radius 1 is 0.840 bits per heavy atom. The van der Waals surface area contributed by atoms with Crippen molar-refractivity contribution >= 4 is 23.6 Å². The van der Waals surface area contributed by atoms with Gasteiger partial charge in [0.25, 0.3) is 11.8 Å². The Bertz CT molecular complexity index is 1850. The van der Waals surface area contributed by atoms with E-state index < -0.39 is 12.1 Å². The largest absolute Gasteiger partial charge is 0.493 e. The maximum atomic E-state index is 14.4. The van der Waals surface area contributed by atoms with Crippen molar-refractivity contribution in [1.29, 1.82) is 0 Å². The molecule has 3 aromatic carbocycles. The minimum absolute atomic E-state index is 0.277. The van der Waals surface area contributed by atoms with Crippen LogP contribution in [0.25, 0.3) is 0 Å². The maximum Gasteiger partial charge on any atom is 0.412 e. The third kappa shape index (κ3) is 7.04. The highest BCUT2D eigenvalue weighted by atomic mass is 16.6. The van der Waals surface area contributed by atoms with E-state index in [1.807, 2.05) is 38.1 Å². The molecule has 11 heteroatoms. The van der Waals surface area contributed by atoms with E-state index in [-0.39, 0.29) is 24.4 Å². The van der Waals surface area contributed by atoms with E-state index in [1.54, 1.807) is 38.5 Å². The average molecular weight is 680 g/mol. The normalized spacial score (nSPS) is 15.9. The Labute approximate surface area is 293 Å². The number of nitrogens with zero attached hydrogens (tertiary/aromatic N) is 3. The number of methoxy groups -OCH3 is 2. The fourth-order valence-electron chi connectivity index (χ4n) is 7.06. The number of ether oxygens (including phenoxy) is 3. The van der Waals surface area contributed by atoms with Gasteiger partial charge in [-0.1, -0.05) is 42.5 Å². The van der Waals surface area contributed by atoms with Crippen molar-refractivity contribution in [2.75, 3.05) is 51.8 Å². The van der Waals surface area contributed by atoms with Crippen molar-refractivity contribution < 1.29 is 28.6 Å². The first-order valence-corrected chi connectivity index (χ1v) is 17.1. The van der Waals surface area contributed by atoms with Crippen LogP contribution >= 0.6 is 0 Å². The molecule has 4 aromatic rings. The molecule has 1 saturated heterocycles. The summed E-state index contributed by atoms with van der Waals surface area (Å²) in [5, 5.41) is 2.80. The molecular weight excluding hydrogens is 634 g/mol. The molecule has 0 spiro atoms. The van der Waals surface area contributed by atoms with Gasteiger partial charge in [0, 0.05) is 50.5 Å². The number of piperazine rings is 1. The molecular formula is C39H45N5O6. The maximum absolute atomic E-state index is 14.4. The third-order valence-corrected chi connectivity index (χ3v) is 9.74. The number of hydrogen-bond acceptors (Lipinski definition) is 8. The summed E-state index contributed by atoms with van der Waals surface area (Å²) in [6.07, 6.45) is 0.300. The summed E-state index contributed by atoms with van der Waals surface area (Å²) in [7, 11) is 3.11. The van der Waals surface area contributed by atoms with Crippen LogP contribution in [0.1, 0.15) is 75.1 Å². The van der Waals surface area contributed by atoms with Crippen LogP contribution in [0.15, 0.2) is 72.8 Å². The highest BCUT2D eigenvalue weighted by molar-refractivity contribution is 6.24. The monoisotopic (exact) mass is 679 g/mol. The van der Waals surface area contributed by atoms with E-state index in [4.69, 9.17) is 14.2 Å². The quantitative estimate of drug-likeness (QED) is 0.130. The number of aromatic nitrogens is 1. The van der Waals surface area contributed by atoms with E-state index in [0.717, 1.165) is 48.8 Å². The van der Waals surface area contributed by atoms with Crippen LogP contribution < -0.4 is 24.4 Å². The van der Waals surface area contributed by atoms with Gasteiger partial charge in [-0.15, -0.1) is 0 Å². The molecule has 3 heterocycles. The molecule has 262 valence electrons. The summed E-state index contributed by atoms with van der Waals surface area (Å²) < 4.78 is 16.5. The third-order valence-electron chi connectivity index (χ3n) is 9.74. The van der Waals surface area contributed by atoms with Crippen molar-refractivity contribution in [3.05, 3.63) is 106 Å². The summed E-state index contributed by atoms with van der Waals surface area (Å²) in [5.74, 6) is 0.839. The van der Waals surface area contributed by atoms with E-state index in [9.17, 15) is 14.4 Å². The molecule has 0 bridgehead atoms. The van der Waals surface area contributed by atoms with Crippen LogP contribution in [-0.2, 0) is 0 Å². The summed E-state index contributed by atoms with van der Waals surface area (Å²) >= 11 is 0. The predicted octanol–water partition coefficient (Wildman–Crippen LogP) is 6.44. The first-order chi connectivity index (χ1) is 24.2. The van der Waals surface area contributed by atoms with Gasteiger partial charge in [-0.25, -0.2) is 4.79 Å². The highest BCUT2D eigenvalue weighted by Gasteiger charge is 2.43. The summed E-state index contributed by atoms with van der Waals surface area (Å²) in [6.45, 7) is 9.37. The molecule has 50 heavy (non-hydrogen) atoms. The number of aryl methyl sites for hydroxylation is 2. The standard InChI is InChI=1S/C39H45N5O6/c1-25-23-34(26(2)41-25)50-39(47)40-18-10-15-31(29-16-17-33(48-4)35(24-29)49-5)44-37(45)30-13-9-14-32(36(30)38(44)46)43-21-19-42(20-22-43)27(3)28-11-7-6-8-12-28/h6-9,11-14,16-17,23-24,27,31,41H,10,15,18-22H2,1-5H3,(H,40,47)/t27-,31-/m1/s1. The van der Waals surface area contributed by atoms with Gasteiger partial charge >= 0.3 is 6.09 Å². The van der Waals surface area contributed by atoms with Gasteiger partial charge in [0.1, 0.15) is 0 Å². The lowest BCUT2D eigenvalue weighted by Gasteiger charge is -2.39. The van der Waals surface area contributed by atoms with Crippen molar-refractivity contribution in [3.63, 3.8) is 0 Å². The zero-order chi connectivity index (χ0) is 35.4. The molecule has 0 saturated carbocycles. The smallest absolute Gasteiger partial charge is 0.412 e. The highest BCUT2D eigenvalue weighted by Crippen LogP contribution is 2.40. The fraction of sp³-hybridized carbons (Fsp3) is 0.359. The van der Waals surface area contributed by atoms with E-state index in [2.05, 4.69) is 51.3 Å². The van der Waals surface area contributed by atoms with Crippen LogP contribution in [-0.4, -0.2) is 79.6 Å². The molecule has 0 aliphatic carbocycles. The number of nitrogens with one attached hydrogen (secondary N) is 2. The van der Waals surface area contributed by atoms with Crippen molar-refractivity contribution in [2.24, 2.45) is 0 Å². The molecule has 6 rings (SSSR count). The number of H-pyrrole nitrogens is 1. The van der Waals surface area contributed by atoms with E-state index >= 15 is 0 Å². The van der Waals surface area contributed by atoms with Crippen molar-refractivity contribution in [3.8, 4) is 17.2 Å². The number of aromatic amines is 1. The number of hydrogen-bond donors (Lipinski definition) is 2. The number of amides is 3. The second-order valence-corrected chi connectivity index (χ2v) is 12.8. The van der Waals surface area contributed by atoms with E-state index in [1.165, 1.54) is 10.5 Å². The van der Waals surface area contributed by atoms with Crippen molar-refractivity contribution in [2.45, 2.75) is 45.7 Å². The second kappa shape index (κ2) is 15.1. The van der Waals surface area contributed by atoms with Gasteiger partial charge in [0.05, 0.1) is 42.8 Å². The molecule has 0 radical (unpaired) electrons. The minimum Gasteiger partial charge on any atom is -0.493 e. The number of carbonyl (C=O) groups is 3. The van der Waals surface area contributed by atoms with Gasteiger partial charge in [-0.3, -0.25) is 19.4 Å². The number of carbonyl (C=O) groups excluding carboxylic acids is 3. The van der Waals surface area contributed by atoms with Crippen LogP contribution in [0.5, 0.6) is 17.2 Å². The first kappa shape index (κ1) is 34.6. The Morgan fingerprint density at radius 3 is 2.26 bits per heavy atom. The van der Waals surface area contributed by atoms with Gasteiger partial charge in [-0.2, -0.15) is 0 Å². The molecule has 2 N–H and O–H groups in total. The summed E-state index contributed by atoms with van der Waals surface area (Å²) in [4.78, 5) is 50.3. The Hall–Kier alpha value is -5.29. The summed E-state index contributed by atoms with van der Waals surface area (Å²) in [5.41, 5.74) is 5.27. The number of imide groups is 1. The molecule has 0 unspecified atom stereocenters. The van der Waals surface area contributed by atoms with Crippen LogP contribution in [0, 0.1) is 13.8 Å². The number of benzene rings is 3. The average Bonchev–Trinajstić information content (AvgIpc) is 3.59. The van der Waals surface area contributed by atoms with Crippen LogP contribution in [0.2, 0.25) is 0 Å². The zero-order valence-electron chi connectivity index (χ0n) is 29.3. The Morgan fingerprint density at radius 2 is 1.58 bits per heavy atom. The molecule has 2 atom stereocenters. The van der Waals surface area contributed by atoms with Gasteiger partial charge in [0.15, 0.2) is 17.2 Å². The Kier molecular flexibility index (Phi) is 10.4. The molecule has 11 nitrogen and oxygen atoms in total. The fourth-order valence-corrected chi connectivity index (χ4v) is 7.06. The molecule has 2 aliphatic heterocycles. The number of anilines is 1. The summed E-state index contributed by atoms with van der Waals surface area (Å²) in [6, 6.07) is 22.9. The minimum atomic E-state index is -0.619. The lowest BCUT2D eigenvalue weighted by atomic mass is 9.99. The molecule has 1 fully saturated rings. The Balaban J connectivity index is 1.20. The zero-order valence-corrected chi connectivity index (χ0v) is 29.3. The van der Waals surface area contributed by atoms with Crippen molar-refractivity contribution in [1.82, 2.24) is 20.1 Å². The number of rotatable bonds is 12. The second-order valence-electron chi connectivity index (χ2n) is 12.8. The number of fused-ring (bicyclic) bond motifs is 1. The lowest BCUT2D eigenvalue weighted by Crippen LogP contribution is -2.47. The first-order valence-electron chi connectivity index (χ1n) is 17.1. The van der Waals surface area contributed by atoms with Crippen LogP contribution in [0.4, 0.5) is 10.5 Å². The molecule has 1 aromatic heterocycles. The SMILES string of the molecule is COc1ccc([C@@H](CCCNC(=O)Oc2cc(C)[nH]c2C)N2C(=O)c3cccc(N4CCN([C@H](C)c5ccccc5)CC4)c3C2=O)cc1OC. The molecule has 3 amide bonds. The van der Waals surface area contributed by atoms with Gasteiger partial charge < -0.3 is 29.4 Å². The lowest BCUT2D eigenvalue weighted by molar-refractivity contribution is 0.0571. The van der Waals surface area contributed by atoms with E-state index in [0.29, 0.717) is 41.2 Å². The predicted molar refractivity (Wildman–Crippen MR) is 191 cm³/mol. The van der Waals surface area contributed by atoms with Crippen LogP contribution in [0.3, 0.4) is 0 Å². The topological polar surface area (TPSA) is 116 Å². The van der Waals surface area contributed by atoms with Gasteiger partial charge in [-0.05, 0) is 69.0 Å². The molecule has 2 aliphatic rings. The van der Waals surface area contributed by atoms with Gasteiger partial charge in [0.2, 0.25) is 0 Å².